The number of aliphatic hydroxyl groups is 1. The number of nitrogens with one attached hydrogen (secondary N) is 2. The van der Waals surface area contributed by atoms with E-state index < -0.39 is 0 Å². The van der Waals surface area contributed by atoms with E-state index in [-0.39, 0.29) is 6.61 Å². The first-order valence-corrected chi connectivity index (χ1v) is 12.4. The molecule has 3 heterocycles. The van der Waals surface area contributed by atoms with E-state index in [0.29, 0.717) is 6.04 Å². The molecule has 1 aliphatic heterocycles. The Morgan fingerprint density at radius 1 is 1.00 bits per heavy atom. The van der Waals surface area contributed by atoms with Crippen molar-refractivity contribution in [2.75, 3.05) is 26.2 Å². The third-order valence-corrected chi connectivity index (χ3v) is 7.00. The molecule has 7 nitrogen and oxygen atoms in total. The number of rotatable bonds is 10. The average Bonchev–Trinajstić information content (AvgIpc) is 3.55. The predicted octanol–water partition coefficient (Wildman–Crippen LogP) is 3.47. The second-order valence-corrected chi connectivity index (χ2v) is 9.31. The van der Waals surface area contributed by atoms with Gasteiger partial charge in [0.25, 0.3) is 0 Å². The number of aliphatic hydroxyl groups excluding tert-OH is 1. The third-order valence-electron chi connectivity index (χ3n) is 7.00. The fourth-order valence-electron chi connectivity index (χ4n) is 5.03. The second kappa shape index (κ2) is 11.0. The van der Waals surface area contributed by atoms with Gasteiger partial charge in [0, 0.05) is 28.8 Å². The molecule has 0 unspecified atom stereocenters. The van der Waals surface area contributed by atoms with Gasteiger partial charge in [-0.2, -0.15) is 0 Å². The molecular weight excluding hydrogens is 424 g/mol. The van der Waals surface area contributed by atoms with Gasteiger partial charge in [0.1, 0.15) is 12.7 Å². The quantitative estimate of drug-likeness (QED) is 0.339. The van der Waals surface area contributed by atoms with Crippen LogP contribution in [0.15, 0.2) is 61.3 Å². The predicted molar refractivity (Wildman–Crippen MR) is 135 cm³/mol. The maximum absolute atomic E-state index is 9.30. The number of aromatic amines is 1. The van der Waals surface area contributed by atoms with E-state index in [1.54, 1.807) is 12.7 Å². The minimum Gasteiger partial charge on any atom is -0.392 e. The third kappa shape index (κ3) is 5.55. The summed E-state index contributed by atoms with van der Waals surface area (Å²) in [6, 6.07) is 15.3. The van der Waals surface area contributed by atoms with Crippen LogP contribution in [0.2, 0.25) is 0 Å². The van der Waals surface area contributed by atoms with Crippen LogP contribution in [-0.2, 0) is 19.4 Å². The Kier molecular flexibility index (Phi) is 7.34. The van der Waals surface area contributed by atoms with E-state index in [1.807, 2.05) is 16.7 Å². The van der Waals surface area contributed by atoms with Crippen molar-refractivity contribution < 1.29 is 5.11 Å². The van der Waals surface area contributed by atoms with Crippen LogP contribution in [-0.4, -0.2) is 62.0 Å². The molecule has 0 bridgehead atoms. The van der Waals surface area contributed by atoms with Crippen molar-refractivity contribution in [3.8, 4) is 5.69 Å². The second-order valence-electron chi connectivity index (χ2n) is 9.31. The number of fused-ring (bicyclic) bond motifs is 1. The van der Waals surface area contributed by atoms with E-state index in [9.17, 15) is 5.11 Å². The van der Waals surface area contributed by atoms with Crippen LogP contribution < -0.4 is 5.32 Å². The van der Waals surface area contributed by atoms with Gasteiger partial charge in [0.15, 0.2) is 0 Å². The van der Waals surface area contributed by atoms with Crippen molar-refractivity contribution in [1.82, 2.24) is 30.0 Å². The Balaban J connectivity index is 1.04. The maximum Gasteiger partial charge on any atom is 0.123 e. The molecule has 1 saturated heterocycles. The number of aryl methyl sites for hydroxylation is 1. The number of likely N-dealkylation sites (tertiary alicyclic amines) is 1. The standard InChI is InChI=1S/C27H34N6O/c34-18-22-4-1-3-21(15-22)8-11-28-24-9-13-32(14-10-24)12-2-5-23-17-29-27-7-6-25(16-26(23)27)33-19-30-31-20-33/h1,3-4,6-7,15-17,19-20,24,28-29,34H,2,5,8-14,18H2. The Labute approximate surface area is 200 Å². The van der Waals surface area contributed by atoms with Crippen LogP contribution in [0.1, 0.15) is 36.0 Å². The van der Waals surface area contributed by atoms with Crippen molar-refractivity contribution in [2.24, 2.45) is 0 Å². The molecule has 0 atom stereocenters. The van der Waals surface area contributed by atoms with E-state index >= 15 is 0 Å². The van der Waals surface area contributed by atoms with Crippen molar-refractivity contribution in [3.63, 3.8) is 0 Å². The van der Waals surface area contributed by atoms with Crippen LogP contribution in [0.5, 0.6) is 0 Å². The molecule has 1 aliphatic rings. The van der Waals surface area contributed by atoms with Crippen molar-refractivity contribution in [2.45, 2.75) is 44.8 Å². The monoisotopic (exact) mass is 458 g/mol. The molecule has 1 fully saturated rings. The molecule has 0 saturated carbocycles. The maximum atomic E-state index is 9.30. The van der Waals surface area contributed by atoms with E-state index in [4.69, 9.17) is 0 Å². The van der Waals surface area contributed by atoms with Gasteiger partial charge in [-0.05, 0) is 93.2 Å². The van der Waals surface area contributed by atoms with Gasteiger partial charge in [0.2, 0.25) is 0 Å². The minimum atomic E-state index is 0.115. The lowest BCUT2D eigenvalue weighted by Gasteiger charge is -2.32. The number of aromatic nitrogens is 4. The average molecular weight is 459 g/mol. The Morgan fingerprint density at radius 3 is 2.65 bits per heavy atom. The fraction of sp³-hybridized carbons (Fsp3) is 0.407. The minimum absolute atomic E-state index is 0.115. The van der Waals surface area contributed by atoms with Crippen LogP contribution in [0.3, 0.4) is 0 Å². The topological polar surface area (TPSA) is 82.0 Å². The molecule has 34 heavy (non-hydrogen) atoms. The van der Waals surface area contributed by atoms with Crippen LogP contribution in [0, 0.1) is 0 Å². The van der Waals surface area contributed by atoms with Crippen molar-refractivity contribution >= 4 is 10.9 Å². The van der Waals surface area contributed by atoms with Gasteiger partial charge >= 0.3 is 0 Å². The number of H-pyrrole nitrogens is 1. The van der Waals surface area contributed by atoms with Crippen LogP contribution in [0.25, 0.3) is 16.6 Å². The number of benzene rings is 2. The Hall–Kier alpha value is -3.00. The highest BCUT2D eigenvalue weighted by Crippen LogP contribution is 2.23. The summed E-state index contributed by atoms with van der Waals surface area (Å²) in [6.45, 7) is 4.60. The molecule has 7 heteroatoms. The van der Waals surface area contributed by atoms with Crippen LogP contribution >= 0.6 is 0 Å². The summed E-state index contributed by atoms with van der Waals surface area (Å²) in [4.78, 5) is 6.03. The molecule has 4 aromatic rings. The lowest BCUT2D eigenvalue weighted by atomic mass is 10.0. The van der Waals surface area contributed by atoms with Crippen molar-refractivity contribution in [3.05, 3.63) is 78.0 Å². The van der Waals surface area contributed by atoms with Crippen molar-refractivity contribution in [1.29, 1.82) is 0 Å². The summed E-state index contributed by atoms with van der Waals surface area (Å²) in [5.74, 6) is 0. The van der Waals surface area contributed by atoms with E-state index in [2.05, 4.69) is 61.9 Å². The smallest absolute Gasteiger partial charge is 0.123 e. The normalized spacial score (nSPS) is 15.3. The molecule has 3 N–H and O–H groups in total. The number of hydrogen-bond acceptors (Lipinski definition) is 5. The Bertz CT molecular complexity index is 1180. The van der Waals surface area contributed by atoms with Gasteiger partial charge in [0.05, 0.1) is 6.61 Å². The molecule has 5 rings (SSSR count). The summed E-state index contributed by atoms with van der Waals surface area (Å²) in [5.41, 5.74) is 5.94. The van der Waals surface area contributed by atoms with E-state index in [1.165, 1.54) is 54.4 Å². The molecule has 2 aromatic carbocycles. The number of nitrogens with zero attached hydrogens (tertiary/aromatic N) is 4. The Morgan fingerprint density at radius 2 is 1.82 bits per heavy atom. The van der Waals surface area contributed by atoms with Crippen LogP contribution in [0.4, 0.5) is 0 Å². The highest BCUT2D eigenvalue weighted by molar-refractivity contribution is 5.85. The fourth-order valence-corrected chi connectivity index (χ4v) is 5.03. The SMILES string of the molecule is OCc1cccc(CCNC2CCN(CCCc3c[nH]c4ccc(-n5cnnc5)cc34)CC2)c1. The highest BCUT2D eigenvalue weighted by atomic mass is 16.3. The molecular formula is C27H34N6O. The zero-order valence-electron chi connectivity index (χ0n) is 19.7. The molecule has 0 spiro atoms. The number of piperidine rings is 1. The summed E-state index contributed by atoms with van der Waals surface area (Å²) >= 11 is 0. The summed E-state index contributed by atoms with van der Waals surface area (Å²) < 4.78 is 1.95. The lowest BCUT2D eigenvalue weighted by molar-refractivity contribution is 0.196. The summed E-state index contributed by atoms with van der Waals surface area (Å²) in [7, 11) is 0. The van der Waals surface area contributed by atoms with Gasteiger partial charge in [-0.15, -0.1) is 10.2 Å². The van der Waals surface area contributed by atoms with Gasteiger partial charge in [-0.3, -0.25) is 4.57 Å². The number of hydrogen-bond donors (Lipinski definition) is 3. The van der Waals surface area contributed by atoms with Gasteiger partial charge in [-0.1, -0.05) is 24.3 Å². The molecule has 0 aliphatic carbocycles. The zero-order valence-corrected chi connectivity index (χ0v) is 19.7. The summed E-state index contributed by atoms with van der Waals surface area (Å²) in [6.07, 6.45) is 11.3. The first kappa shape index (κ1) is 22.8. The molecule has 0 amide bonds. The zero-order chi connectivity index (χ0) is 23.2. The van der Waals surface area contributed by atoms with E-state index in [0.717, 1.165) is 37.2 Å². The summed E-state index contributed by atoms with van der Waals surface area (Å²) in [5, 5.41) is 22.2. The first-order valence-electron chi connectivity index (χ1n) is 12.4. The largest absolute Gasteiger partial charge is 0.392 e. The molecule has 0 radical (unpaired) electrons. The lowest BCUT2D eigenvalue weighted by Crippen LogP contribution is -2.43. The molecule has 2 aromatic heterocycles. The highest BCUT2D eigenvalue weighted by Gasteiger charge is 2.18. The molecule has 178 valence electrons. The first-order chi connectivity index (χ1) is 16.8. The van der Waals surface area contributed by atoms with Gasteiger partial charge < -0.3 is 20.3 Å². The van der Waals surface area contributed by atoms with Gasteiger partial charge in [-0.25, -0.2) is 0 Å².